The van der Waals surface area contributed by atoms with Crippen LogP contribution < -0.4 is 10.6 Å². The molecule has 0 aliphatic heterocycles. The summed E-state index contributed by atoms with van der Waals surface area (Å²) in [4.78, 5) is 27.4. The Morgan fingerprint density at radius 3 is 2.59 bits per heavy atom. The molecular formula is C21H15FN4O2S. The fraction of sp³-hybridized carbons (Fsp3) is 0.0476. The highest BCUT2D eigenvalue weighted by Crippen LogP contribution is 2.28. The number of benzene rings is 2. The summed E-state index contributed by atoms with van der Waals surface area (Å²) in [6.07, 6.45) is 2.97. The van der Waals surface area contributed by atoms with Gasteiger partial charge in [0.2, 0.25) is 11.8 Å². The standard InChI is InChI=1S/C21H15FN4O2S/c1-13(27)24-16-7-8-17(18(22)10-16)19-12-29-21(25-19)26-20(28)9-6-14-2-4-15(11-23)5-3-14/h2-10,12H,1H3,(H,24,27)(H,25,26,28)/b9-6+. The Labute approximate surface area is 170 Å². The third-order valence-electron chi connectivity index (χ3n) is 3.77. The lowest BCUT2D eigenvalue weighted by Crippen LogP contribution is -2.07. The number of thiazole rings is 1. The molecule has 29 heavy (non-hydrogen) atoms. The SMILES string of the molecule is CC(=O)Nc1ccc(-c2csc(NC(=O)/C=C/c3ccc(C#N)cc3)n2)c(F)c1. The van der Waals surface area contributed by atoms with Crippen molar-refractivity contribution >= 4 is 40.0 Å². The number of hydrogen-bond acceptors (Lipinski definition) is 5. The molecule has 0 bridgehead atoms. The Bertz CT molecular complexity index is 1130. The zero-order chi connectivity index (χ0) is 20.8. The zero-order valence-electron chi connectivity index (χ0n) is 15.3. The average Bonchev–Trinajstić information content (AvgIpc) is 3.14. The number of halogens is 1. The number of hydrogen-bond donors (Lipinski definition) is 2. The van der Waals surface area contributed by atoms with Crippen molar-refractivity contribution in [2.75, 3.05) is 10.6 Å². The normalized spacial score (nSPS) is 10.5. The second-order valence-electron chi connectivity index (χ2n) is 5.97. The molecule has 0 saturated heterocycles. The lowest BCUT2D eigenvalue weighted by molar-refractivity contribution is -0.114. The number of aromatic nitrogens is 1. The second-order valence-corrected chi connectivity index (χ2v) is 6.83. The maximum absolute atomic E-state index is 14.3. The molecule has 1 aromatic heterocycles. The lowest BCUT2D eigenvalue weighted by atomic mass is 10.1. The minimum Gasteiger partial charge on any atom is -0.326 e. The van der Waals surface area contributed by atoms with E-state index in [-0.39, 0.29) is 17.4 Å². The number of nitrogens with zero attached hydrogens (tertiary/aromatic N) is 2. The first-order chi connectivity index (χ1) is 13.9. The molecule has 0 radical (unpaired) electrons. The third-order valence-corrected chi connectivity index (χ3v) is 4.52. The molecule has 2 aromatic carbocycles. The van der Waals surface area contributed by atoms with E-state index in [1.54, 1.807) is 41.8 Å². The van der Waals surface area contributed by atoms with Gasteiger partial charge in [0.25, 0.3) is 0 Å². The molecule has 8 heteroatoms. The van der Waals surface area contributed by atoms with Gasteiger partial charge in [-0.2, -0.15) is 5.26 Å². The zero-order valence-corrected chi connectivity index (χ0v) is 16.1. The van der Waals surface area contributed by atoms with Gasteiger partial charge >= 0.3 is 0 Å². The molecule has 2 amide bonds. The molecule has 0 unspecified atom stereocenters. The van der Waals surface area contributed by atoms with Crippen LogP contribution in [0.25, 0.3) is 17.3 Å². The van der Waals surface area contributed by atoms with E-state index in [4.69, 9.17) is 5.26 Å². The topological polar surface area (TPSA) is 94.9 Å². The largest absolute Gasteiger partial charge is 0.326 e. The predicted octanol–water partition coefficient (Wildman–Crippen LogP) is 4.43. The lowest BCUT2D eigenvalue weighted by Gasteiger charge is -2.04. The Balaban J connectivity index is 1.66. The third kappa shape index (κ3) is 5.34. The van der Waals surface area contributed by atoms with Crippen LogP contribution >= 0.6 is 11.3 Å². The molecule has 0 fully saturated rings. The van der Waals surface area contributed by atoms with Crippen molar-refractivity contribution in [3.8, 4) is 17.3 Å². The number of carbonyl (C=O) groups is 2. The first-order valence-electron chi connectivity index (χ1n) is 8.47. The summed E-state index contributed by atoms with van der Waals surface area (Å²) >= 11 is 1.17. The summed E-state index contributed by atoms with van der Waals surface area (Å²) in [6.45, 7) is 1.34. The Morgan fingerprint density at radius 1 is 1.17 bits per heavy atom. The fourth-order valence-corrected chi connectivity index (χ4v) is 3.16. The highest BCUT2D eigenvalue weighted by atomic mass is 32.1. The van der Waals surface area contributed by atoms with Crippen LogP contribution in [0.4, 0.5) is 15.2 Å². The molecule has 1 heterocycles. The van der Waals surface area contributed by atoms with Crippen LogP contribution in [0, 0.1) is 17.1 Å². The number of nitrogens with one attached hydrogen (secondary N) is 2. The van der Waals surface area contributed by atoms with Crippen molar-refractivity contribution in [1.29, 1.82) is 5.26 Å². The molecule has 0 spiro atoms. The summed E-state index contributed by atoms with van der Waals surface area (Å²) in [5.74, 6) is -1.19. The number of anilines is 2. The van der Waals surface area contributed by atoms with Gasteiger partial charge in [0.1, 0.15) is 5.82 Å². The van der Waals surface area contributed by atoms with Gasteiger partial charge in [-0.05, 0) is 42.0 Å². The van der Waals surface area contributed by atoms with Crippen LogP contribution in [-0.4, -0.2) is 16.8 Å². The molecule has 2 N–H and O–H groups in total. The van der Waals surface area contributed by atoms with Crippen molar-refractivity contribution in [3.63, 3.8) is 0 Å². The van der Waals surface area contributed by atoms with E-state index in [9.17, 15) is 14.0 Å². The van der Waals surface area contributed by atoms with Gasteiger partial charge in [-0.25, -0.2) is 9.37 Å². The first kappa shape index (κ1) is 19.9. The van der Waals surface area contributed by atoms with Crippen molar-refractivity contribution in [2.45, 2.75) is 6.92 Å². The van der Waals surface area contributed by atoms with Crippen molar-refractivity contribution in [1.82, 2.24) is 4.98 Å². The van der Waals surface area contributed by atoms with Crippen LogP contribution in [0.1, 0.15) is 18.1 Å². The number of rotatable bonds is 5. The van der Waals surface area contributed by atoms with Crippen molar-refractivity contribution in [3.05, 3.63) is 70.9 Å². The molecule has 0 aliphatic carbocycles. The maximum atomic E-state index is 14.3. The molecule has 0 aliphatic rings. The minimum absolute atomic E-state index is 0.268. The van der Waals surface area contributed by atoms with E-state index in [1.807, 2.05) is 6.07 Å². The first-order valence-corrected chi connectivity index (χ1v) is 9.35. The van der Waals surface area contributed by atoms with Gasteiger partial charge in [-0.15, -0.1) is 11.3 Å². The Morgan fingerprint density at radius 2 is 1.93 bits per heavy atom. The smallest absolute Gasteiger partial charge is 0.250 e. The van der Waals surface area contributed by atoms with Gasteiger partial charge < -0.3 is 5.32 Å². The predicted molar refractivity (Wildman–Crippen MR) is 111 cm³/mol. The van der Waals surface area contributed by atoms with Gasteiger partial charge in [0.15, 0.2) is 5.13 Å². The van der Waals surface area contributed by atoms with Crippen LogP contribution in [0.3, 0.4) is 0 Å². The summed E-state index contributed by atoms with van der Waals surface area (Å²) in [5, 5.41) is 15.9. The minimum atomic E-state index is -0.528. The summed E-state index contributed by atoms with van der Waals surface area (Å²) in [5.41, 5.74) is 2.33. The van der Waals surface area contributed by atoms with E-state index in [0.717, 1.165) is 5.56 Å². The van der Waals surface area contributed by atoms with Gasteiger partial charge in [-0.3, -0.25) is 14.9 Å². The van der Waals surface area contributed by atoms with Crippen LogP contribution in [0.15, 0.2) is 53.9 Å². The number of nitriles is 1. The van der Waals surface area contributed by atoms with Gasteiger partial charge in [0.05, 0.1) is 17.3 Å². The highest BCUT2D eigenvalue weighted by molar-refractivity contribution is 7.14. The monoisotopic (exact) mass is 406 g/mol. The van der Waals surface area contributed by atoms with E-state index < -0.39 is 5.82 Å². The Kier molecular flexibility index (Phi) is 6.12. The number of amides is 2. The number of carbonyl (C=O) groups excluding carboxylic acids is 2. The van der Waals surface area contributed by atoms with E-state index in [1.165, 1.54) is 36.5 Å². The van der Waals surface area contributed by atoms with E-state index in [2.05, 4.69) is 15.6 Å². The second kappa shape index (κ2) is 8.91. The van der Waals surface area contributed by atoms with Gasteiger partial charge in [0, 0.05) is 29.6 Å². The van der Waals surface area contributed by atoms with Crippen LogP contribution in [0.5, 0.6) is 0 Å². The molecule has 3 aromatic rings. The van der Waals surface area contributed by atoms with Crippen LogP contribution in [0.2, 0.25) is 0 Å². The van der Waals surface area contributed by atoms with E-state index >= 15 is 0 Å². The van der Waals surface area contributed by atoms with Crippen molar-refractivity contribution in [2.24, 2.45) is 0 Å². The molecular weight excluding hydrogens is 391 g/mol. The summed E-state index contributed by atoms with van der Waals surface area (Å²) < 4.78 is 14.3. The molecule has 3 rings (SSSR count). The average molecular weight is 406 g/mol. The van der Waals surface area contributed by atoms with Crippen molar-refractivity contribution < 1.29 is 14.0 Å². The van der Waals surface area contributed by atoms with Crippen LogP contribution in [-0.2, 0) is 9.59 Å². The molecule has 0 atom stereocenters. The molecule has 0 saturated carbocycles. The maximum Gasteiger partial charge on any atom is 0.250 e. The van der Waals surface area contributed by atoms with E-state index in [0.29, 0.717) is 22.1 Å². The molecule has 144 valence electrons. The fourth-order valence-electron chi connectivity index (χ4n) is 2.45. The summed E-state index contributed by atoms with van der Waals surface area (Å²) in [6, 6.07) is 13.1. The highest BCUT2D eigenvalue weighted by Gasteiger charge is 2.11. The Hall–Kier alpha value is -3.83. The quantitative estimate of drug-likeness (QED) is 0.613. The molecule has 6 nitrogen and oxygen atoms in total. The van der Waals surface area contributed by atoms with Gasteiger partial charge in [-0.1, -0.05) is 12.1 Å². The summed E-state index contributed by atoms with van der Waals surface area (Å²) in [7, 11) is 0.